The maximum absolute atomic E-state index is 11.9. The van der Waals surface area contributed by atoms with Gasteiger partial charge in [-0.3, -0.25) is 4.79 Å². The number of aliphatic hydroxyl groups is 1. The highest BCUT2D eigenvalue weighted by Gasteiger charge is 2.24. The molecule has 0 saturated carbocycles. The summed E-state index contributed by atoms with van der Waals surface area (Å²) >= 11 is 0. The summed E-state index contributed by atoms with van der Waals surface area (Å²) in [6, 6.07) is 15.9. The number of Topliss-reactive ketones (excluding diaryl/α,β-unsaturated/α-hetero) is 1. The molecule has 2 nitrogen and oxygen atoms in total. The van der Waals surface area contributed by atoms with Crippen LogP contribution in [0.3, 0.4) is 0 Å². The molecule has 2 heteroatoms. The minimum atomic E-state index is -1.32. The molecular formula is C18H20O2. The molecule has 0 heterocycles. The van der Waals surface area contributed by atoms with Crippen LogP contribution in [0.15, 0.2) is 48.5 Å². The molecule has 0 spiro atoms. The molecule has 0 aliphatic rings. The first-order valence-electron chi connectivity index (χ1n) is 6.78. The van der Waals surface area contributed by atoms with E-state index in [1.54, 1.807) is 12.1 Å². The second kappa shape index (κ2) is 5.59. The monoisotopic (exact) mass is 268 g/mol. The maximum atomic E-state index is 11.9. The summed E-state index contributed by atoms with van der Waals surface area (Å²) in [4.78, 5) is 11.9. The molecule has 0 fully saturated rings. The number of hydrogen-bond acceptors (Lipinski definition) is 2. The minimum absolute atomic E-state index is 0.251. The van der Waals surface area contributed by atoms with Gasteiger partial charge in [-0.25, -0.2) is 0 Å². The molecule has 0 aromatic heterocycles. The Kier molecular flexibility index (Phi) is 4.05. The fourth-order valence-electron chi connectivity index (χ4n) is 2.07. The van der Waals surface area contributed by atoms with Crippen LogP contribution >= 0.6 is 0 Å². The Labute approximate surface area is 120 Å². The second-order valence-corrected chi connectivity index (χ2v) is 5.75. The summed E-state index contributed by atoms with van der Waals surface area (Å²) in [6.45, 7) is 5.09. The summed E-state index contributed by atoms with van der Waals surface area (Å²) in [5.41, 5.74) is 2.88. The van der Waals surface area contributed by atoms with Crippen LogP contribution in [0.25, 0.3) is 0 Å². The van der Waals surface area contributed by atoms with Gasteiger partial charge >= 0.3 is 0 Å². The quantitative estimate of drug-likeness (QED) is 0.861. The minimum Gasteiger partial charge on any atom is -0.382 e. The van der Waals surface area contributed by atoms with Crippen molar-refractivity contribution in [2.45, 2.75) is 32.8 Å². The van der Waals surface area contributed by atoms with Crippen molar-refractivity contribution in [3.63, 3.8) is 0 Å². The molecule has 1 N–H and O–H groups in total. The van der Waals surface area contributed by atoms with E-state index in [1.165, 1.54) is 25.0 Å². The maximum Gasteiger partial charge on any atom is 0.193 e. The summed E-state index contributed by atoms with van der Waals surface area (Å²) < 4.78 is 0. The Hall–Kier alpha value is -1.93. The van der Waals surface area contributed by atoms with Crippen molar-refractivity contribution >= 4 is 5.78 Å². The van der Waals surface area contributed by atoms with Crippen LogP contribution in [0.2, 0.25) is 0 Å². The van der Waals surface area contributed by atoms with Crippen LogP contribution in [0, 0.1) is 6.92 Å². The average molecular weight is 268 g/mol. The second-order valence-electron chi connectivity index (χ2n) is 5.75. The van der Waals surface area contributed by atoms with Gasteiger partial charge in [0.2, 0.25) is 0 Å². The number of aryl methyl sites for hydroxylation is 1. The smallest absolute Gasteiger partial charge is 0.193 e. The first-order chi connectivity index (χ1) is 9.36. The van der Waals surface area contributed by atoms with Crippen LogP contribution in [0.4, 0.5) is 0 Å². The van der Waals surface area contributed by atoms with Gasteiger partial charge in [0.15, 0.2) is 5.78 Å². The number of ketones is 1. The SMILES string of the molecule is Cc1ccc(Cc2ccc(C(=O)C(C)(C)O)cc2)cc1. The molecule has 0 radical (unpaired) electrons. The first-order valence-corrected chi connectivity index (χ1v) is 6.78. The zero-order valence-corrected chi connectivity index (χ0v) is 12.2. The van der Waals surface area contributed by atoms with Crippen LogP contribution in [0.1, 0.15) is 40.9 Å². The van der Waals surface area contributed by atoms with Gasteiger partial charge in [-0.1, -0.05) is 54.1 Å². The molecule has 104 valence electrons. The fraction of sp³-hybridized carbons (Fsp3) is 0.278. The van der Waals surface area contributed by atoms with E-state index in [0.29, 0.717) is 5.56 Å². The number of carbonyl (C=O) groups is 1. The van der Waals surface area contributed by atoms with Gasteiger partial charge < -0.3 is 5.11 Å². The van der Waals surface area contributed by atoms with Gasteiger partial charge in [0.25, 0.3) is 0 Å². The van der Waals surface area contributed by atoms with Crippen LogP contribution in [0.5, 0.6) is 0 Å². The van der Waals surface area contributed by atoms with Crippen LogP contribution in [-0.2, 0) is 6.42 Å². The molecule has 0 saturated heterocycles. The van der Waals surface area contributed by atoms with E-state index in [2.05, 4.69) is 31.2 Å². The molecule has 2 aromatic carbocycles. The van der Waals surface area contributed by atoms with Gasteiger partial charge in [-0.15, -0.1) is 0 Å². The Bertz CT molecular complexity index is 587. The molecule has 20 heavy (non-hydrogen) atoms. The van der Waals surface area contributed by atoms with Crippen molar-refractivity contribution in [2.75, 3.05) is 0 Å². The lowest BCUT2D eigenvalue weighted by molar-refractivity contribution is 0.0488. The summed E-state index contributed by atoms with van der Waals surface area (Å²) in [5.74, 6) is -0.251. The third kappa shape index (κ3) is 3.55. The van der Waals surface area contributed by atoms with Crippen LogP contribution < -0.4 is 0 Å². The predicted octanol–water partition coefficient (Wildman–Crippen LogP) is 3.54. The number of carbonyl (C=O) groups excluding carboxylic acids is 1. The molecule has 2 rings (SSSR count). The zero-order valence-electron chi connectivity index (χ0n) is 12.2. The van der Waals surface area contributed by atoms with Gasteiger partial charge in [0.1, 0.15) is 5.60 Å². The predicted molar refractivity (Wildman–Crippen MR) is 81.1 cm³/mol. The van der Waals surface area contributed by atoms with E-state index in [1.807, 2.05) is 12.1 Å². The van der Waals surface area contributed by atoms with Crippen molar-refractivity contribution in [2.24, 2.45) is 0 Å². The largest absolute Gasteiger partial charge is 0.382 e. The third-order valence-corrected chi connectivity index (χ3v) is 3.30. The first kappa shape index (κ1) is 14.5. The van der Waals surface area contributed by atoms with E-state index in [4.69, 9.17) is 0 Å². The molecule has 0 bridgehead atoms. The average Bonchev–Trinajstić information content (AvgIpc) is 2.40. The van der Waals surface area contributed by atoms with E-state index >= 15 is 0 Å². The lowest BCUT2D eigenvalue weighted by Crippen LogP contribution is -2.31. The van der Waals surface area contributed by atoms with Crippen molar-refractivity contribution < 1.29 is 9.90 Å². The van der Waals surface area contributed by atoms with Crippen LogP contribution in [-0.4, -0.2) is 16.5 Å². The van der Waals surface area contributed by atoms with Gasteiger partial charge in [-0.05, 0) is 38.3 Å². The van der Waals surface area contributed by atoms with Crippen molar-refractivity contribution in [1.82, 2.24) is 0 Å². The van der Waals surface area contributed by atoms with E-state index in [9.17, 15) is 9.90 Å². The summed E-state index contributed by atoms with van der Waals surface area (Å²) in [6.07, 6.45) is 0.845. The standard InChI is InChI=1S/C18H20O2/c1-13-4-6-14(7-5-13)12-15-8-10-16(11-9-15)17(19)18(2,3)20/h4-11,20H,12H2,1-3H3. The molecule has 2 aromatic rings. The summed E-state index contributed by atoms with van der Waals surface area (Å²) in [7, 11) is 0. The molecule has 0 atom stereocenters. The van der Waals surface area contributed by atoms with Gasteiger partial charge in [-0.2, -0.15) is 0 Å². The third-order valence-electron chi connectivity index (χ3n) is 3.30. The number of hydrogen-bond donors (Lipinski definition) is 1. The fourth-order valence-corrected chi connectivity index (χ4v) is 2.07. The lowest BCUT2D eigenvalue weighted by atomic mass is 9.95. The molecule has 0 amide bonds. The van der Waals surface area contributed by atoms with Crippen molar-refractivity contribution in [3.05, 3.63) is 70.8 Å². The molecule has 0 aliphatic heterocycles. The van der Waals surface area contributed by atoms with Crippen molar-refractivity contribution in [1.29, 1.82) is 0 Å². The Balaban J connectivity index is 2.12. The van der Waals surface area contributed by atoms with E-state index < -0.39 is 5.60 Å². The molecule has 0 unspecified atom stereocenters. The van der Waals surface area contributed by atoms with Gasteiger partial charge in [0.05, 0.1) is 0 Å². The Morgan fingerprint density at radius 1 is 0.950 bits per heavy atom. The number of benzene rings is 2. The highest BCUT2D eigenvalue weighted by atomic mass is 16.3. The highest BCUT2D eigenvalue weighted by Crippen LogP contribution is 2.16. The van der Waals surface area contributed by atoms with Crippen molar-refractivity contribution in [3.8, 4) is 0 Å². The number of rotatable bonds is 4. The molecule has 0 aliphatic carbocycles. The lowest BCUT2D eigenvalue weighted by Gasteiger charge is -2.15. The van der Waals surface area contributed by atoms with Gasteiger partial charge in [0, 0.05) is 5.56 Å². The normalized spacial score (nSPS) is 11.4. The summed E-state index contributed by atoms with van der Waals surface area (Å²) in [5, 5.41) is 9.72. The molecular weight excluding hydrogens is 248 g/mol. The Morgan fingerprint density at radius 3 is 1.85 bits per heavy atom. The topological polar surface area (TPSA) is 37.3 Å². The van der Waals surface area contributed by atoms with E-state index in [-0.39, 0.29) is 5.78 Å². The van der Waals surface area contributed by atoms with E-state index in [0.717, 1.165) is 12.0 Å². The Morgan fingerprint density at radius 2 is 1.40 bits per heavy atom. The zero-order chi connectivity index (χ0) is 14.8. The highest BCUT2D eigenvalue weighted by molar-refractivity contribution is 6.01.